The molecule has 0 bridgehead atoms. The van der Waals surface area contributed by atoms with Gasteiger partial charge in [-0.2, -0.15) is 0 Å². The van der Waals surface area contributed by atoms with E-state index >= 15 is 0 Å². The number of fused-ring (bicyclic) bond motifs is 1. The van der Waals surface area contributed by atoms with E-state index in [1.807, 2.05) is 0 Å². The van der Waals surface area contributed by atoms with Gasteiger partial charge in [0.05, 0.1) is 35.7 Å². The Balaban J connectivity index is 1.61. The van der Waals surface area contributed by atoms with Crippen molar-refractivity contribution in [1.82, 2.24) is 9.38 Å². The largest absolute Gasteiger partial charge is 0.495 e. The first-order valence-corrected chi connectivity index (χ1v) is 10.9. The minimum Gasteiger partial charge on any atom is -0.495 e. The van der Waals surface area contributed by atoms with Crippen molar-refractivity contribution >= 4 is 32.8 Å². The number of carbonyl (C=O) groups is 1. The second-order valence-electron chi connectivity index (χ2n) is 6.88. The quantitative estimate of drug-likeness (QED) is 0.480. The minimum atomic E-state index is -3.91. The highest BCUT2D eigenvalue weighted by Gasteiger charge is 2.20. The summed E-state index contributed by atoms with van der Waals surface area (Å²) in [6, 6.07) is 14.8. The lowest BCUT2D eigenvalue weighted by molar-refractivity contribution is 0.102. The van der Waals surface area contributed by atoms with Crippen LogP contribution in [0.4, 0.5) is 11.4 Å². The van der Waals surface area contributed by atoms with E-state index in [1.165, 1.54) is 13.2 Å². The highest BCUT2D eigenvalue weighted by molar-refractivity contribution is 7.92. The van der Waals surface area contributed by atoms with E-state index < -0.39 is 10.0 Å². The summed E-state index contributed by atoms with van der Waals surface area (Å²) in [7, 11) is -2.45. The van der Waals surface area contributed by atoms with Crippen LogP contribution in [0.1, 0.15) is 15.9 Å². The monoisotopic (exact) mass is 436 g/mol. The van der Waals surface area contributed by atoms with Crippen molar-refractivity contribution in [3.8, 4) is 5.75 Å². The van der Waals surface area contributed by atoms with Crippen LogP contribution in [0.15, 0.2) is 78.2 Å². The zero-order chi connectivity index (χ0) is 22.0. The maximum Gasteiger partial charge on any atom is 0.262 e. The van der Waals surface area contributed by atoms with Gasteiger partial charge >= 0.3 is 0 Å². The van der Waals surface area contributed by atoms with Crippen LogP contribution in [0.2, 0.25) is 0 Å². The van der Waals surface area contributed by atoms with E-state index in [9.17, 15) is 13.2 Å². The van der Waals surface area contributed by atoms with Gasteiger partial charge in [0.2, 0.25) is 0 Å². The number of pyridine rings is 1. The topological polar surface area (TPSA) is 102 Å². The number of methoxy groups -OCH3 is 1. The molecule has 0 aliphatic rings. The smallest absolute Gasteiger partial charge is 0.262 e. The van der Waals surface area contributed by atoms with E-state index in [0.29, 0.717) is 28.3 Å². The molecule has 0 aliphatic heterocycles. The number of imidazole rings is 1. The Bertz CT molecular complexity index is 1380. The number of hydrogen-bond acceptors (Lipinski definition) is 5. The standard InChI is InChI=1S/C22H20N4O4S/c1-15-7-8-17(24-22(27)16-9-10-26-14-23-13-18(26)11-16)12-21(15)31(28,29)25-19-5-3-4-6-20(19)30-2/h3-14,25H,1-2H3,(H,24,27). The van der Waals surface area contributed by atoms with Gasteiger partial charge in [0.15, 0.2) is 0 Å². The highest BCUT2D eigenvalue weighted by atomic mass is 32.2. The normalized spacial score (nSPS) is 11.3. The van der Waals surface area contributed by atoms with E-state index in [0.717, 1.165) is 5.52 Å². The van der Waals surface area contributed by atoms with Crippen molar-refractivity contribution in [1.29, 1.82) is 0 Å². The average molecular weight is 436 g/mol. The average Bonchev–Trinajstić information content (AvgIpc) is 3.23. The number of benzene rings is 2. The van der Waals surface area contributed by atoms with Crippen LogP contribution in [-0.2, 0) is 10.0 Å². The number of para-hydroxylation sites is 2. The number of nitrogens with one attached hydrogen (secondary N) is 2. The molecular weight excluding hydrogens is 416 g/mol. The molecule has 4 rings (SSSR count). The molecule has 2 aromatic carbocycles. The molecule has 0 aliphatic carbocycles. The SMILES string of the molecule is COc1ccccc1NS(=O)(=O)c1cc(NC(=O)c2ccn3cncc3c2)ccc1C. The van der Waals surface area contributed by atoms with Crippen LogP contribution in [0.25, 0.3) is 5.52 Å². The van der Waals surface area contributed by atoms with Crippen LogP contribution in [-0.4, -0.2) is 30.8 Å². The molecule has 0 atom stereocenters. The van der Waals surface area contributed by atoms with Crippen LogP contribution >= 0.6 is 0 Å². The Hall–Kier alpha value is -3.85. The Labute approximate surface area is 179 Å². The summed E-state index contributed by atoms with van der Waals surface area (Å²) in [6.07, 6.45) is 5.03. The summed E-state index contributed by atoms with van der Waals surface area (Å²) in [5.74, 6) is 0.0528. The first kappa shape index (κ1) is 20.4. The van der Waals surface area contributed by atoms with E-state index in [2.05, 4.69) is 15.0 Å². The fraction of sp³-hybridized carbons (Fsp3) is 0.0909. The highest BCUT2D eigenvalue weighted by Crippen LogP contribution is 2.28. The van der Waals surface area contributed by atoms with Crippen LogP contribution in [0.3, 0.4) is 0 Å². The number of sulfonamides is 1. The summed E-state index contributed by atoms with van der Waals surface area (Å²) in [4.78, 5) is 16.8. The van der Waals surface area contributed by atoms with Crippen LogP contribution in [0, 0.1) is 6.92 Å². The first-order chi connectivity index (χ1) is 14.9. The maximum atomic E-state index is 13.0. The minimum absolute atomic E-state index is 0.0578. The maximum absolute atomic E-state index is 13.0. The summed E-state index contributed by atoms with van der Waals surface area (Å²) in [5, 5.41) is 2.76. The van der Waals surface area contributed by atoms with Crippen molar-refractivity contribution in [2.24, 2.45) is 0 Å². The molecule has 0 saturated heterocycles. The Morgan fingerprint density at radius 3 is 2.71 bits per heavy atom. The van der Waals surface area contributed by atoms with Crippen molar-refractivity contribution in [3.05, 3.63) is 84.4 Å². The second-order valence-corrected chi connectivity index (χ2v) is 8.53. The number of carbonyl (C=O) groups excluding carboxylic acids is 1. The number of nitrogens with zero attached hydrogens (tertiary/aromatic N) is 2. The lowest BCUT2D eigenvalue weighted by Gasteiger charge is -2.14. The molecule has 1 amide bonds. The molecule has 0 spiro atoms. The first-order valence-electron chi connectivity index (χ1n) is 9.37. The predicted octanol–water partition coefficient (Wildman–Crippen LogP) is 3.70. The van der Waals surface area contributed by atoms with Gasteiger partial charge in [-0.15, -0.1) is 0 Å². The number of ether oxygens (including phenoxy) is 1. The summed E-state index contributed by atoms with van der Waals surface area (Å²) >= 11 is 0. The van der Waals surface area contributed by atoms with Crippen LogP contribution in [0.5, 0.6) is 5.75 Å². The van der Waals surface area contributed by atoms with Crippen molar-refractivity contribution in [3.63, 3.8) is 0 Å². The van der Waals surface area contributed by atoms with Gasteiger partial charge < -0.3 is 14.5 Å². The fourth-order valence-corrected chi connectivity index (χ4v) is 4.50. The summed E-state index contributed by atoms with van der Waals surface area (Å²) in [5.41, 5.74) is 2.45. The van der Waals surface area contributed by atoms with Crippen molar-refractivity contribution < 1.29 is 17.9 Å². The van der Waals surface area contributed by atoms with Gasteiger partial charge in [-0.1, -0.05) is 18.2 Å². The van der Waals surface area contributed by atoms with Crippen LogP contribution < -0.4 is 14.8 Å². The number of rotatable bonds is 6. The Morgan fingerprint density at radius 2 is 1.90 bits per heavy atom. The lowest BCUT2D eigenvalue weighted by atomic mass is 10.2. The van der Waals surface area contributed by atoms with Gasteiger partial charge in [0.25, 0.3) is 15.9 Å². The summed E-state index contributed by atoms with van der Waals surface area (Å²) in [6.45, 7) is 1.69. The third kappa shape index (κ3) is 4.22. The molecular formula is C22H20N4O4S. The lowest BCUT2D eigenvalue weighted by Crippen LogP contribution is -2.16. The van der Waals surface area contributed by atoms with Gasteiger partial charge in [-0.25, -0.2) is 13.4 Å². The van der Waals surface area contributed by atoms with Crippen molar-refractivity contribution in [2.75, 3.05) is 17.1 Å². The molecule has 0 fully saturated rings. The number of hydrogen-bond donors (Lipinski definition) is 2. The molecule has 0 saturated carbocycles. The number of anilines is 2. The molecule has 0 unspecified atom stereocenters. The molecule has 8 nitrogen and oxygen atoms in total. The molecule has 2 aromatic heterocycles. The van der Waals surface area contributed by atoms with E-state index in [-0.39, 0.29) is 10.8 Å². The molecule has 31 heavy (non-hydrogen) atoms. The third-order valence-corrected chi connectivity index (χ3v) is 6.27. The molecule has 4 aromatic rings. The predicted molar refractivity (Wildman–Crippen MR) is 118 cm³/mol. The number of amides is 1. The van der Waals surface area contributed by atoms with Gasteiger partial charge in [0.1, 0.15) is 5.75 Å². The molecule has 2 heterocycles. The Morgan fingerprint density at radius 1 is 1.10 bits per heavy atom. The molecule has 0 radical (unpaired) electrons. The zero-order valence-corrected chi connectivity index (χ0v) is 17.7. The molecule has 158 valence electrons. The van der Waals surface area contributed by atoms with Gasteiger partial charge in [-0.3, -0.25) is 9.52 Å². The molecule has 9 heteroatoms. The fourth-order valence-electron chi connectivity index (χ4n) is 3.16. The summed E-state index contributed by atoms with van der Waals surface area (Å²) < 4.78 is 35.6. The second kappa shape index (κ2) is 8.11. The number of aromatic nitrogens is 2. The Kier molecular flexibility index (Phi) is 5.35. The van der Waals surface area contributed by atoms with Crippen molar-refractivity contribution in [2.45, 2.75) is 11.8 Å². The molecule has 2 N–H and O–H groups in total. The van der Waals surface area contributed by atoms with Gasteiger partial charge in [0, 0.05) is 17.4 Å². The van der Waals surface area contributed by atoms with E-state index in [1.54, 1.807) is 78.6 Å². The van der Waals surface area contributed by atoms with E-state index in [4.69, 9.17) is 4.74 Å². The number of aryl methyl sites for hydroxylation is 1. The van der Waals surface area contributed by atoms with Gasteiger partial charge in [-0.05, 0) is 48.9 Å². The third-order valence-electron chi connectivity index (χ3n) is 4.76. The zero-order valence-electron chi connectivity index (χ0n) is 16.9.